The fourth-order valence-corrected chi connectivity index (χ4v) is 3.23. The minimum absolute atomic E-state index is 0.372. The number of hydrogen-bond donors (Lipinski definition) is 1. The van der Waals surface area contributed by atoms with Crippen molar-refractivity contribution < 1.29 is 0 Å². The van der Waals surface area contributed by atoms with Crippen LogP contribution in [-0.2, 0) is 0 Å². The smallest absolute Gasteiger partial charge is 0.161 e. The molecular formula is C12H14Cl2N2S. The summed E-state index contributed by atoms with van der Waals surface area (Å²) in [7, 11) is 0. The van der Waals surface area contributed by atoms with E-state index >= 15 is 0 Å². The van der Waals surface area contributed by atoms with E-state index in [0.29, 0.717) is 21.3 Å². The van der Waals surface area contributed by atoms with E-state index in [9.17, 15) is 0 Å². The summed E-state index contributed by atoms with van der Waals surface area (Å²) in [6.07, 6.45) is 1.12. The molecule has 0 fully saturated rings. The zero-order valence-corrected chi connectivity index (χ0v) is 12.0. The minimum Gasteiger partial charge on any atom is -0.335 e. The van der Waals surface area contributed by atoms with Gasteiger partial charge in [-0.05, 0) is 31.5 Å². The fraction of sp³-hybridized carbons (Fsp3) is 0.417. The van der Waals surface area contributed by atoms with Crippen LogP contribution in [-0.4, -0.2) is 16.5 Å². The lowest BCUT2D eigenvalue weighted by atomic mass is 10.2. The Morgan fingerprint density at radius 2 is 2.06 bits per heavy atom. The number of nitrogens with one attached hydrogen (secondary N) is 1. The lowest BCUT2D eigenvalue weighted by Gasteiger charge is -2.23. The van der Waals surface area contributed by atoms with Gasteiger partial charge in [0.25, 0.3) is 0 Å². The molecule has 92 valence electrons. The zero-order chi connectivity index (χ0) is 12.4. The predicted octanol–water partition coefficient (Wildman–Crippen LogP) is 4.68. The van der Waals surface area contributed by atoms with Crippen LogP contribution in [0, 0.1) is 0 Å². The van der Waals surface area contributed by atoms with Crippen molar-refractivity contribution in [3.8, 4) is 0 Å². The summed E-state index contributed by atoms with van der Waals surface area (Å²) in [6, 6.07) is 5.88. The van der Waals surface area contributed by atoms with Crippen LogP contribution in [0.15, 0.2) is 23.2 Å². The first-order valence-corrected chi connectivity index (χ1v) is 7.14. The van der Waals surface area contributed by atoms with E-state index in [4.69, 9.17) is 23.2 Å². The Balaban J connectivity index is 2.12. The third-order valence-corrected chi connectivity index (χ3v) is 4.26. The Kier molecular flexibility index (Phi) is 4.23. The van der Waals surface area contributed by atoms with Crippen molar-refractivity contribution in [1.29, 1.82) is 0 Å². The Hall–Kier alpha value is -0.380. The van der Waals surface area contributed by atoms with E-state index in [2.05, 4.69) is 24.2 Å². The van der Waals surface area contributed by atoms with Crippen LogP contribution in [0.4, 0.5) is 5.69 Å². The highest BCUT2D eigenvalue weighted by molar-refractivity contribution is 8.14. The van der Waals surface area contributed by atoms with Crippen molar-refractivity contribution in [3.63, 3.8) is 0 Å². The molecule has 0 aromatic heterocycles. The standard InChI is InChI=1S/C12H14Cl2N2S/c1-7-5-8(2)17-12(15-7)16-9-3-4-10(13)11(14)6-9/h3-4,6-8H,5H2,1-2H3,(H,15,16). The molecule has 5 heteroatoms. The quantitative estimate of drug-likeness (QED) is 0.812. The molecule has 0 amide bonds. The van der Waals surface area contributed by atoms with Crippen molar-refractivity contribution in [1.82, 2.24) is 0 Å². The predicted molar refractivity (Wildman–Crippen MR) is 78.7 cm³/mol. The highest BCUT2D eigenvalue weighted by atomic mass is 35.5. The van der Waals surface area contributed by atoms with Gasteiger partial charge in [0.05, 0.1) is 16.1 Å². The highest BCUT2D eigenvalue weighted by Gasteiger charge is 2.18. The van der Waals surface area contributed by atoms with Crippen LogP contribution < -0.4 is 5.32 Å². The number of amidine groups is 1. The molecule has 0 saturated carbocycles. The van der Waals surface area contributed by atoms with Crippen molar-refractivity contribution in [2.24, 2.45) is 4.99 Å². The number of nitrogens with zero attached hydrogens (tertiary/aromatic N) is 1. The molecule has 1 aliphatic rings. The van der Waals surface area contributed by atoms with Crippen molar-refractivity contribution in [2.75, 3.05) is 5.32 Å². The van der Waals surface area contributed by atoms with Crippen molar-refractivity contribution in [2.45, 2.75) is 31.6 Å². The summed E-state index contributed by atoms with van der Waals surface area (Å²) in [5, 5.41) is 5.95. The van der Waals surface area contributed by atoms with Crippen LogP contribution in [0.3, 0.4) is 0 Å². The normalized spacial score (nSPS) is 24.4. The van der Waals surface area contributed by atoms with E-state index in [1.165, 1.54) is 0 Å². The summed E-state index contributed by atoms with van der Waals surface area (Å²) in [4.78, 5) is 4.57. The molecule has 2 nitrogen and oxygen atoms in total. The Labute approximate surface area is 116 Å². The van der Waals surface area contributed by atoms with Gasteiger partial charge in [0.15, 0.2) is 5.17 Å². The van der Waals surface area contributed by atoms with Gasteiger partial charge in [-0.2, -0.15) is 0 Å². The van der Waals surface area contributed by atoms with Crippen LogP contribution in [0.5, 0.6) is 0 Å². The van der Waals surface area contributed by atoms with Gasteiger partial charge in [0, 0.05) is 10.9 Å². The van der Waals surface area contributed by atoms with Crippen molar-refractivity contribution in [3.05, 3.63) is 28.2 Å². The molecular weight excluding hydrogens is 275 g/mol. The second kappa shape index (κ2) is 5.51. The zero-order valence-electron chi connectivity index (χ0n) is 9.71. The van der Waals surface area contributed by atoms with E-state index in [0.717, 1.165) is 17.3 Å². The molecule has 17 heavy (non-hydrogen) atoms. The Morgan fingerprint density at radius 1 is 1.29 bits per heavy atom. The number of thioether (sulfide) groups is 1. The van der Waals surface area contributed by atoms with Gasteiger partial charge in [0.1, 0.15) is 0 Å². The largest absolute Gasteiger partial charge is 0.335 e. The number of rotatable bonds is 1. The number of anilines is 1. The average molecular weight is 289 g/mol. The number of halogens is 2. The van der Waals surface area contributed by atoms with E-state index in [1.807, 2.05) is 12.1 Å². The second-order valence-corrected chi connectivity index (χ2v) is 6.44. The van der Waals surface area contributed by atoms with Crippen LogP contribution >= 0.6 is 35.0 Å². The summed E-state index contributed by atoms with van der Waals surface area (Å²) in [6.45, 7) is 4.35. The van der Waals surface area contributed by atoms with Gasteiger partial charge in [-0.1, -0.05) is 41.9 Å². The molecule has 1 aliphatic heterocycles. The molecule has 1 aromatic rings. The monoisotopic (exact) mass is 288 g/mol. The SMILES string of the molecule is CC1CC(C)SC(Nc2ccc(Cl)c(Cl)c2)=N1. The summed E-state index contributed by atoms with van der Waals surface area (Å²) in [5.74, 6) is 0. The van der Waals surface area contributed by atoms with Gasteiger partial charge in [-0.15, -0.1) is 0 Å². The highest BCUT2D eigenvalue weighted by Crippen LogP contribution is 2.28. The van der Waals surface area contributed by atoms with Gasteiger partial charge in [0.2, 0.25) is 0 Å². The summed E-state index contributed by atoms with van der Waals surface area (Å²) in [5.41, 5.74) is 0.923. The summed E-state index contributed by atoms with van der Waals surface area (Å²) < 4.78 is 0. The first kappa shape index (κ1) is 13.1. The van der Waals surface area contributed by atoms with Gasteiger partial charge >= 0.3 is 0 Å². The average Bonchev–Trinajstić information content (AvgIpc) is 2.22. The molecule has 1 aromatic carbocycles. The van der Waals surface area contributed by atoms with Gasteiger partial charge in [-0.3, -0.25) is 4.99 Å². The molecule has 0 saturated heterocycles. The molecule has 2 atom stereocenters. The maximum absolute atomic E-state index is 5.97. The molecule has 2 rings (SSSR count). The van der Waals surface area contributed by atoms with Crippen LogP contribution in [0.25, 0.3) is 0 Å². The molecule has 1 N–H and O–H groups in total. The van der Waals surface area contributed by atoms with Crippen molar-refractivity contribution >= 4 is 45.8 Å². The van der Waals surface area contributed by atoms with Gasteiger partial charge in [-0.25, -0.2) is 0 Å². The van der Waals surface area contributed by atoms with E-state index < -0.39 is 0 Å². The van der Waals surface area contributed by atoms with Gasteiger partial charge < -0.3 is 5.32 Å². The lowest BCUT2D eigenvalue weighted by Crippen LogP contribution is -2.22. The minimum atomic E-state index is 0.372. The third kappa shape index (κ3) is 3.54. The molecule has 2 unspecified atom stereocenters. The number of hydrogen-bond acceptors (Lipinski definition) is 3. The fourth-order valence-electron chi connectivity index (χ4n) is 1.76. The van der Waals surface area contributed by atoms with Crippen LogP contribution in [0.1, 0.15) is 20.3 Å². The first-order chi connectivity index (χ1) is 8.04. The molecule has 0 bridgehead atoms. The Bertz CT molecular complexity index is 448. The lowest BCUT2D eigenvalue weighted by molar-refractivity contribution is 0.661. The Morgan fingerprint density at radius 3 is 2.71 bits per heavy atom. The molecule has 0 aliphatic carbocycles. The maximum Gasteiger partial charge on any atom is 0.161 e. The van der Waals surface area contributed by atoms with E-state index in [-0.39, 0.29) is 0 Å². The molecule has 0 radical (unpaired) electrons. The van der Waals surface area contributed by atoms with Crippen LogP contribution in [0.2, 0.25) is 10.0 Å². The topological polar surface area (TPSA) is 24.4 Å². The molecule has 0 spiro atoms. The number of aliphatic imine (C=N–C) groups is 1. The second-order valence-electron chi connectivity index (χ2n) is 4.20. The first-order valence-electron chi connectivity index (χ1n) is 5.51. The van der Waals surface area contributed by atoms with E-state index in [1.54, 1.807) is 17.8 Å². The third-order valence-electron chi connectivity index (χ3n) is 2.49. The maximum atomic E-state index is 5.97. The molecule has 1 heterocycles. The number of benzene rings is 1. The summed E-state index contributed by atoms with van der Waals surface area (Å²) >= 11 is 13.6.